The Labute approximate surface area is 499 Å². The number of hydrogen-bond donors (Lipinski definition) is 0. The molecular formula is C84H56N2. The van der Waals surface area contributed by atoms with Crippen LogP contribution in [0.5, 0.6) is 0 Å². The Morgan fingerprint density at radius 3 is 0.767 bits per heavy atom. The molecule has 0 spiro atoms. The molecule has 2 aliphatic rings. The van der Waals surface area contributed by atoms with Gasteiger partial charge in [-0.3, -0.25) is 0 Å². The van der Waals surface area contributed by atoms with E-state index in [-0.39, 0.29) is 0 Å². The lowest BCUT2D eigenvalue weighted by Gasteiger charge is -2.46. The van der Waals surface area contributed by atoms with Crippen molar-refractivity contribution in [3.8, 4) is 22.3 Å². The highest BCUT2D eigenvalue weighted by atomic mass is 15.2. The van der Waals surface area contributed by atoms with Crippen LogP contribution in [0.4, 0.5) is 34.1 Å². The third-order valence-electron chi connectivity index (χ3n) is 20.0. The zero-order valence-electron chi connectivity index (χ0n) is 47.8. The maximum Gasteiger partial charge on any atom is 0.0543 e. The molecule has 0 N–H and O–H groups in total. The minimum atomic E-state index is -0.683. The molecule has 2 atom stereocenters. The standard InChI is InChI=1S/C84H56N2/c1-83(73-45-39-57-23-11-13-29-67(57)79(73)81-71-33-17-15-31-69(71)77(51-75(81)83)85(63-41-35-53-19-3-7-25-59(53)47-63)64-42-36-54-20-4-8-26-60(54)48-64)84(2)74-46-40-58-24-12-14-30-68(58)80(74)82-72-34-18-16-32-70(72)78(52-76(82)84)86(65-43-37-55-21-5-9-27-61(55)49-65)66-44-38-56-22-6-10-28-62(56)50-66/h3-52H,1-2H3. The molecule has 2 aliphatic carbocycles. The van der Waals surface area contributed by atoms with Crippen molar-refractivity contribution in [3.05, 3.63) is 326 Å². The fourth-order valence-electron chi connectivity index (χ4n) is 15.8. The Hall–Kier alpha value is -10.8. The van der Waals surface area contributed by atoms with E-state index in [4.69, 9.17) is 0 Å². The van der Waals surface area contributed by atoms with Crippen LogP contribution in [0.2, 0.25) is 0 Å². The van der Waals surface area contributed by atoms with Gasteiger partial charge in [-0.2, -0.15) is 0 Å². The Morgan fingerprint density at radius 2 is 0.442 bits per heavy atom. The lowest BCUT2D eigenvalue weighted by atomic mass is 9.56. The molecule has 2 unspecified atom stereocenters. The van der Waals surface area contributed by atoms with E-state index in [9.17, 15) is 0 Å². The molecule has 0 amide bonds. The van der Waals surface area contributed by atoms with Crippen LogP contribution in [0.15, 0.2) is 303 Å². The van der Waals surface area contributed by atoms with E-state index in [2.05, 4.69) is 327 Å². The summed E-state index contributed by atoms with van der Waals surface area (Å²) in [6, 6.07) is 115. The lowest BCUT2D eigenvalue weighted by Crippen LogP contribution is -2.44. The highest BCUT2D eigenvalue weighted by Gasteiger charge is 2.59. The number of anilines is 6. The molecule has 0 saturated heterocycles. The molecule has 86 heavy (non-hydrogen) atoms. The van der Waals surface area contributed by atoms with Crippen molar-refractivity contribution in [1.82, 2.24) is 0 Å². The summed E-state index contributed by atoms with van der Waals surface area (Å²) in [5, 5.41) is 19.6. The van der Waals surface area contributed by atoms with Gasteiger partial charge in [-0.25, -0.2) is 0 Å². The number of hydrogen-bond acceptors (Lipinski definition) is 2. The van der Waals surface area contributed by atoms with Crippen LogP contribution in [-0.2, 0) is 10.8 Å². The first-order valence-corrected chi connectivity index (χ1v) is 30.1. The second kappa shape index (κ2) is 18.3. The van der Waals surface area contributed by atoms with Gasteiger partial charge in [0.1, 0.15) is 0 Å². The minimum Gasteiger partial charge on any atom is -0.310 e. The van der Waals surface area contributed by atoms with Gasteiger partial charge in [-0.05, 0) is 181 Å². The summed E-state index contributed by atoms with van der Waals surface area (Å²) >= 11 is 0. The summed E-state index contributed by atoms with van der Waals surface area (Å²) in [5.74, 6) is 0. The van der Waals surface area contributed by atoms with Crippen LogP contribution < -0.4 is 9.80 Å². The summed E-state index contributed by atoms with van der Waals surface area (Å²) < 4.78 is 0. The number of benzene rings is 16. The molecule has 16 aromatic rings. The number of fused-ring (bicyclic) bond motifs is 18. The molecule has 0 aliphatic heterocycles. The van der Waals surface area contributed by atoms with Gasteiger partial charge in [0.25, 0.3) is 0 Å². The average Bonchev–Trinajstić information content (AvgIpc) is 1.49. The number of nitrogens with zero attached hydrogens (tertiary/aromatic N) is 2. The van der Waals surface area contributed by atoms with Gasteiger partial charge in [0.05, 0.1) is 11.4 Å². The molecule has 2 nitrogen and oxygen atoms in total. The van der Waals surface area contributed by atoms with Gasteiger partial charge < -0.3 is 9.80 Å². The topological polar surface area (TPSA) is 6.48 Å². The largest absolute Gasteiger partial charge is 0.310 e. The van der Waals surface area contributed by atoms with E-state index in [1.807, 2.05) is 0 Å². The Morgan fingerprint density at radius 1 is 0.198 bits per heavy atom. The predicted octanol–water partition coefficient (Wildman–Crippen LogP) is 23.1. The third-order valence-corrected chi connectivity index (χ3v) is 20.0. The first-order valence-electron chi connectivity index (χ1n) is 30.1. The summed E-state index contributed by atoms with van der Waals surface area (Å²) in [6.45, 7) is 5.21. The van der Waals surface area contributed by atoms with Crippen molar-refractivity contribution in [2.24, 2.45) is 0 Å². The molecule has 0 fully saturated rings. The van der Waals surface area contributed by atoms with Crippen molar-refractivity contribution in [2.75, 3.05) is 9.80 Å². The van der Waals surface area contributed by atoms with Gasteiger partial charge in [0.2, 0.25) is 0 Å². The Kier molecular flexibility index (Phi) is 10.4. The van der Waals surface area contributed by atoms with Crippen molar-refractivity contribution in [2.45, 2.75) is 24.7 Å². The molecule has 0 bridgehead atoms. The van der Waals surface area contributed by atoms with Crippen LogP contribution in [0.25, 0.3) is 108 Å². The average molecular weight is 1090 g/mol. The summed E-state index contributed by atoms with van der Waals surface area (Å²) in [5.41, 5.74) is 15.9. The molecular weight excluding hydrogens is 1040 g/mol. The zero-order chi connectivity index (χ0) is 56.8. The summed E-state index contributed by atoms with van der Waals surface area (Å²) in [6.07, 6.45) is 0. The van der Waals surface area contributed by atoms with Crippen molar-refractivity contribution >= 4 is 120 Å². The highest BCUT2D eigenvalue weighted by Crippen LogP contribution is 2.69. The molecule has 2 heteroatoms. The van der Waals surface area contributed by atoms with E-state index in [1.54, 1.807) is 0 Å². The fraction of sp³-hybridized carbons (Fsp3) is 0.0476. The van der Waals surface area contributed by atoms with Crippen molar-refractivity contribution in [1.29, 1.82) is 0 Å². The van der Waals surface area contributed by atoms with Crippen LogP contribution in [0, 0.1) is 0 Å². The molecule has 0 aromatic heterocycles. The first-order chi connectivity index (χ1) is 42.4. The minimum absolute atomic E-state index is 0.683. The summed E-state index contributed by atoms with van der Waals surface area (Å²) in [7, 11) is 0. The van der Waals surface area contributed by atoms with Gasteiger partial charge >= 0.3 is 0 Å². The third kappa shape index (κ3) is 6.84. The van der Waals surface area contributed by atoms with E-state index in [0.717, 1.165) is 34.1 Å². The molecule has 18 rings (SSSR count). The molecule has 0 saturated carbocycles. The van der Waals surface area contributed by atoms with E-state index in [0.29, 0.717) is 0 Å². The molecule has 16 aromatic carbocycles. The van der Waals surface area contributed by atoms with Crippen LogP contribution >= 0.6 is 0 Å². The highest BCUT2D eigenvalue weighted by molar-refractivity contribution is 6.19. The van der Waals surface area contributed by atoms with Gasteiger partial charge in [0, 0.05) is 44.4 Å². The van der Waals surface area contributed by atoms with Crippen molar-refractivity contribution in [3.63, 3.8) is 0 Å². The van der Waals surface area contributed by atoms with E-state index < -0.39 is 10.8 Å². The normalized spacial score (nSPS) is 15.9. The molecule has 0 heterocycles. The molecule has 0 radical (unpaired) electrons. The first kappa shape index (κ1) is 48.7. The maximum absolute atomic E-state index is 2.62. The Balaban J connectivity index is 0.985. The SMILES string of the molecule is CC1(C2(C)c3ccc4ccccc4c3-c3c2cc(N(c2ccc4ccccc4c2)c2ccc4ccccc4c2)c2ccccc32)c2ccc3ccccc3c2-c2c1cc(N(c1ccc3ccccc3c1)c1ccc3ccccc3c1)c1ccccc21. The van der Waals surface area contributed by atoms with Gasteiger partial charge in [-0.1, -0.05) is 257 Å². The Bertz CT molecular complexity index is 5050. The summed E-state index contributed by atoms with van der Waals surface area (Å²) in [4.78, 5) is 5.10. The lowest BCUT2D eigenvalue weighted by molar-refractivity contribution is 0.376. The molecule has 402 valence electrons. The van der Waals surface area contributed by atoms with Crippen molar-refractivity contribution < 1.29 is 0 Å². The number of rotatable bonds is 7. The van der Waals surface area contributed by atoms with Gasteiger partial charge in [0.15, 0.2) is 0 Å². The van der Waals surface area contributed by atoms with Crippen LogP contribution in [-0.4, -0.2) is 0 Å². The van der Waals surface area contributed by atoms with E-state index >= 15 is 0 Å². The fourth-order valence-corrected chi connectivity index (χ4v) is 15.8. The quantitative estimate of drug-likeness (QED) is 0.157. The van der Waals surface area contributed by atoms with Gasteiger partial charge in [-0.15, -0.1) is 0 Å². The second-order valence-corrected chi connectivity index (χ2v) is 24.2. The van der Waals surface area contributed by atoms with E-state index in [1.165, 1.54) is 131 Å². The van der Waals surface area contributed by atoms with Crippen LogP contribution in [0.3, 0.4) is 0 Å². The van der Waals surface area contributed by atoms with Crippen LogP contribution in [0.1, 0.15) is 36.1 Å². The second-order valence-electron chi connectivity index (χ2n) is 24.2. The zero-order valence-corrected chi connectivity index (χ0v) is 47.8. The monoisotopic (exact) mass is 1090 g/mol. The smallest absolute Gasteiger partial charge is 0.0543 e. The predicted molar refractivity (Wildman–Crippen MR) is 366 cm³/mol. The maximum atomic E-state index is 2.62.